The molecule has 0 aliphatic heterocycles. The molecule has 0 aromatic heterocycles. The molecular weight excluding hydrogens is 369 g/mol. The summed E-state index contributed by atoms with van der Waals surface area (Å²) >= 11 is 0. The van der Waals surface area contributed by atoms with Crippen LogP contribution in [0.1, 0.15) is 20.7 Å². The molecular formula is C8H8O4Po. The van der Waals surface area contributed by atoms with E-state index >= 15 is 0 Å². The fourth-order valence-electron chi connectivity index (χ4n) is 0.755. The molecule has 0 bridgehead atoms. The van der Waals surface area contributed by atoms with Crippen LogP contribution in [0.25, 0.3) is 0 Å². The molecule has 1 rings (SSSR count). The number of carboxylic acid groups (broad SMARTS) is 2. The summed E-state index contributed by atoms with van der Waals surface area (Å²) in [6.45, 7) is 0. The minimum atomic E-state index is -1.06. The molecule has 0 aliphatic carbocycles. The molecule has 0 spiro atoms. The van der Waals surface area contributed by atoms with Crippen molar-refractivity contribution in [3.63, 3.8) is 0 Å². The van der Waals surface area contributed by atoms with Crippen LogP contribution in [0.3, 0.4) is 0 Å². The van der Waals surface area contributed by atoms with E-state index < -0.39 is 11.9 Å². The van der Waals surface area contributed by atoms with E-state index in [4.69, 9.17) is 10.2 Å². The van der Waals surface area contributed by atoms with Crippen molar-refractivity contribution in [3.05, 3.63) is 35.4 Å². The first-order valence-corrected chi connectivity index (χ1v) is 3.18. The number of carbonyl (C=O) groups is 2. The first-order chi connectivity index (χ1) is 5.61. The molecule has 0 amide bonds. The van der Waals surface area contributed by atoms with Gasteiger partial charge < -0.3 is 10.2 Å². The molecule has 4 nitrogen and oxygen atoms in total. The molecule has 2 N–H and O–H groups in total. The zero-order valence-electron chi connectivity index (χ0n) is 6.52. The van der Waals surface area contributed by atoms with Gasteiger partial charge in [0.2, 0.25) is 0 Å². The molecule has 13 heavy (non-hydrogen) atoms. The van der Waals surface area contributed by atoms with Gasteiger partial charge >= 0.3 is 38.5 Å². The number of hydrogen-bond acceptors (Lipinski definition) is 2. The van der Waals surface area contributed by atoms with Gasteiger partial charge in [0.25, 0.3) is 0 Å². The summed E-state index contributed by atoms with van der Waals surface area (Å²) in [5.41, 5.74) is 0.167. The normalized spacial score (nSPS) is 8.62. The van der Waals surface area contributed by atoms with Crippen molar-refractivity contribution in [3.8, 4) is 0 Å². The second kappa shape index (κ2) is 4.93. The van der Waals surface area contributed by atoms with E-state index in [-0.39, 0.29) is 37.7 Å². The maximum absolute atomic E-state index is 10.3. The van der Waals surface area contributed by atoms with Crippen molar-refractivity contribution in [2.45, 2.75) is 0 Å². The average Bonchev–Trinajstić information content (AvgIpc) is 2.04. The van der Waals surface area contributed by atoms with Crippen molar-refractivity contribution in [1.82, 2.24) is 0 Å². The van der Waals surface area contributed by atoms with Gasteiger partial charge in [-0.3, -0.25) is 0 Å². The summed E-state index contributed by atoms with van der Waals surface area (Å²) in [7, 11) is 0. The minimum absolute atomic E-state index is 0. The Morgan fingerprint density at radius 2 is 1.08 bits per heavy atom. The van der Waals surface area contributed by atoms with Gasteiger partial charge in [-0.1, -0.05) is 0 Å². The Balaban J connectivity index is 0.00000144. The standard InChI is InChI=1S/C8H6O4.Po.2H/c9-7(10)5-1-2-6(4-3-5)8(11)12;;;/h1-4H,(H,9,10)(H,11,12);;;. The molecule has 0 aliphatic rings. The Morgan fingerprint density at radius 3 is 1.23 bits per heavy atom. The molecule has 0 atom stereocenters. The summed E-state index contributed by atoms with van der Waals surface area (Å²) < 4.78 is 0. The SMILES string of the molecule is O=C(O)c1ccc(C(=O)O)cc1.[PoH2]. The predicted octanol–water partition coefficient (Wildman–Crippen LogP) is 0.167. The second-order valence-electron chi connectivity index (χ2n) is 2.19. The summed E-state index contributed by atoms with van der Waals surface area (Å²) in [5.74, 6) is -2.13. The molecule has 1 aromatic carbocycles. The van der Waals surface area contributed by atoms with Crippen molar-refractivity contribution in [2.24, 2.45) is 0 Å². The van der Waals surface area contributed by atoms with Crippen LogP contribution in [-0.2, 0) is 0 Å². The van der Waals surface area contributed by atoms with Crippen LogP contribution in [-0.4, -0.2) is 48.7 Å². The van der Waals surface area contributed by atoms with E-state index in [9.17, 15) is 9.59 Å². The van der Waals surface area contributed by atoms with Gasteiger partial charge in [0, 0.05) is 0 Å². The molecule has 70 valence electrons. The monoisotopic (exact) mass is 377 g/mol. The van der Waals surface area contributed by atoms with Gasteiger partial charge in [0.15, 0.2) is 0 Å². The third kappa shape index (κ3) is 3.12. The zero-order chi connectivity index (χ0) is 9.14. The summed E-state index contributed by atoms with van der Waals surface area (Å²) in [6.07, 6.45) is 0. The average molecular weight is 377 g/mol. The van der Waals surface area contributed by atoms with Crippen LogP contribution in [0.5, 0.6) is 0 Å². The van der Waals surface area contributed by atoms with Gasteiger partial charge in [-0.25, -0.2) is 9.59 Å². The van der Waals surface area contributed by atoms with E-state index in [0.29, 0.717) is 0 Å². The van der Waals surface area contributed by atoms with E-state index in [1.165, 1.54) is 24.3 Å². The first kappa shape index (κ1) is 12.1. The van der Waals surface area contributed by atoms with Gasteiger partial charge in [-0.15, -0.1) is 0 Å². The first-order valence-electron chi connectivity index (χ1n) is 3.18. The predicted molar refractivity (Wildman–Crippen MR) is 48.9 cm³/mol. The van der Waals surface area contributed by atoms with Gasteiger partial charge in [-0.2, -0.15) is 0 Å². The van der Waals surface area contributed by atoms with E-state index in [2.05, 4.69) is 0 Å². The van der Waals surface area contributed by atoms with E-state index in [0.717, 1.165) is 0 Å². The molecule has 5 heteroatoms. The van der Waals surface area contributed by atoms with Crippen molar-refractivity contribution in [2.75, 3.05) is 0 Å². The Labute approximate surface area is 93.7 Å². The molecule has 0 saturated heterocycles. The van der Waals surface area contributed by atoms with Gasteiger partial charge in [0.05, 0.1) is 11.1 Å². The fourth-order valence-corrected chi connectivity index (χ4v) is 0.755. The maximum atomic E-state index is 10.3. The molecule has 0 unspecified atom stereocenters. The van der Waals surface area contributed by atoms with Crippen molar-refractivity contribution in [1.29, 1.82) is 0 Å². The van der Waals surface area contributed by atoms with Gasteiger partial charge in [0.1, 0.15) is 0 Å². The molecule has 0 saturated carbocycles. The summed E-state index contributed by atoms with van der Waals surface area (Å²) in [4.78, 5) is 20.7. The van der Waals surface area contributed by atoms with Crippen LogP contribution in [0.4, 0.5) is 0 Å². The van der Waals surface area contributed by atoms with Crippen LogP contribution in [0, 0.1) is 0 Å². The summed E-state index contributed by atoms with van der Waals surface area (Å²) in [6, 6.07) is 5.02. The van der Waals surface area contributed by atoms with Crippen LogP contribution in [0.15, 0.2) is 24.3 Å². The molecule has 0 radical (unpaired) electrons. The van der Waals surface area contributed by atoms with Crippen molar-refractivity contribution < 1.29 is 19.8 Å². The third-order valence-electron chi connectivity index (χ3n) is 1.38. The Morgan fingerprint density at radius 1 is 0.846 bits per heavy atom. The number of aromatic carboxylic acids is 2. The summed E-state index contributed by atoms with van der Waals surface area (Å²) in [5, 5.41) is 16.9. The second-order valence-corrected chi connectivity index (χ2v) is 2.19. The van der Waals surface area contributed by atoms with Crippen LogP contribution >= 0.6 is 0 Å². The fraction of sp³-hybridized carbons (Fsp3) is 0. The Kier molecular flexibility index (Phi) is 4.57. The Hall–Kier alpha value is -0.944. The van der Waals surface area contributed by atoms with Crippen molar-refractivity contribution >= 4 is 38.5 Å². The van der Waals surface area contributed by atoms with Crippen LogP contribution in [0.2, 0.25) is 0 Å². The molecule has 0 heterocycles. The topological polar surface area (TPSA) is 74.6 Å². The van der Waals surface area contributed by atoms with Crippen LogP contribution < -0.4 is 0 Å². The third-order valence-corrected chi connectivity index (χ3v) is 1.38. The quantitative estimate of drug-likeness (QED) is 0.771. The van der Waals surface area contributed by atoms with E-state index in [1.54, 1.807) is 0 Å². The molecule has 1 aromatic rings. The number of benzene rings is 1. The number of hydrogen-bond donors (Lipinski definition) is 2. The van der Waals surface area contributed by atoms with Gasteiger partial charge in [-0.05, 0) is 24.3 Å². The van der Waals surface area contributed by atoms with E-state index in [1.807, 2.05) is 0 Å². The zero-order valence-corrected chi connectivity index (χ0v) is 10.4. The number of rotatable bonds is 2. The number of carboxylic acids is 2. The Bertz CT molecular complexity index is 284. The molecule has 0 fully saturated rings.